The molecule has 1 heterocycles. The van der Waals surface area contributed by atoms with Crippen LogP contribution in [0.5, 0.6) is 5.75 Å². The number of guanidine groups is 1. The van der Waals surface area contributed by atoms with Crippen LogP contribution in [-0.2, 0) is 6.42 Å². The number of aromatic nitrogens is 1. The third-order valence-corrected chi connectivity index (χ3v) is 4.01. The third kappa shape index (κ3) is 4.98. The minimum atomic E-state index is -0.305. The zero-order valence-corrected chi connectivity index (χ0v) is 15.3. The van der Waals surface area contributed by atoms with E-state index in [4.69, 9.17) is 26.5 Å². The summed E-state index contributed by atoms with van der Waals surface area (Å²) in [5.41, 5.74) is 8.04. The molecule has 0 amide bonds. The van der Waals surface area contributed by atoms with Gasteiger partial charge in [0.05, 0.1) is 17.8 Å². The fourth-order valence-electron chi connectivity index (χ4n) is 2.37. The number of benzene rings is 2. The number of halogens is 2. The van der Waals surface area contributed by atoms with Crippen molar-refractivity contribution < 1.29 is 13.5 Å². The largest absolute Gasteiger partial charge is 0.495 e. The average Bonchev–Trinajstić information content (AvgIpc) is 3.11. The Morgan fingerprint density at radius 2 is 2.07 bits per heavy atom. The molecule has 1 aromatic heterocycles. The fraction of sp³-hybridized carbons (Fsp3) is 0.158. The lowest BCUT2D eigenvalue weighted by atomic mass is 10.2. The van der Waals surface area contributed by atoms with Crippen molar-refractivity contribution in [2.75, 3.05) is 19.0 Å². The van der Waals surface area contributed by atoms with E-state index in [0.717, 1.165) is 5.69 Å². The molecule has 6 nitrogen and oxygen atoms in total. The Morgan fingerprint density at radius 3 is 2.78 bits per heavy atom. The van der Waals surface area contributed by atoms with Crippen molar-refractivity contribution in [2.45, 2.75) is 6.42 Å². The van der Waals surface area contributed by atoms with Crippen LogP contribution in [0.2, 0.25) is 5.02 Å². The minimum absolute atomic E-state index is 0.262. The summed E-state index contributed by atoms with van der Waals surface area (Å²) in [5.74, 6) is 0.980. The summed E-state index contributed by atoms with van der Waals surface area (Å²) in [7, 11) is 1.55. The van der Waals surface area contributed by atoms with Crippen molar-refractivity contribution in [1.82, 2.24) is 4.98 Å². The van der Waals surface area contributed by atoms with Crippen LogP contribution in [0, 0.1) is 5.82 Å². The number of anilines is 1. The van der Waals surface area contributed by atoms with Gasteiger partial charge in [0, 0.05) is 24.2 Å². The van der Waals surface area contributed by atoms with Crippen molar-refractivity contribution in [3.8, 4) is 17.2 Å². The SMILES string of the molecule is COc1ccc(NC(N)=NCCc2coc(-c3ccc(F)cc3)n2)cc1Cl. The van der Waals surface area contributed by atoms with Gasteiger partial charge in [-0.05, 0) is 42.5 Å². The van der Waals surface area contributed by atoms with Gasteiger partial charge in [0.25, 0.3) is 0 Å². The molecule has 140 valence electrons. The number of hydrogen-bond donors (Lipinski definition) is 2. The van der Waals surface area contributed by atoms with Crippen molar-refractivity contribution >= 4 is 23.2 Å². The molecule has 0 radical (unpaired) electrons. The van der Waals surface area contributed by atoms with Crippen molar-refractivity contribution in [3.05, 3.63) is 65.3 Å². The highest BCUT2D eigenvalue weighted by molar-refractivity contribution is 6.32. The van der Waals surface area contributed by atoms with E-state index in [1.165, 1.54) is 12.1 Å². The van der Waals surface area contributed by atoms with Gasteiger partial charge in [0.1, 0.15) is 17.8 Å². The van der Waals surface area contributed by atoms with E-state index in [2.05, 4.69) is 15.3 Å². The van der Waals surface area contributed by atoms with Gasteiger partial charge in [-0.2, -0.15) is 0 Å². The van der Waals surface area contributed by atoms with Gasteiger partial charge >= 0.3 is 0 Å². The van der Waals surface area contributed by atoms with Gasteiger partial charge in [-0.3, -0.25) is 4.99 Å². The number of nitrogens with one attached hydrogen (secondary N) is 1. The number of nitrogens with two attached hydrogens (primary N) is 1. The van der Waals surface area contributed by atoms with E-state index in [9.17, 15) is 4.39 Å². The molecule has 8 heteroatoms. The summed E-state index contributed by atoms with van der Waals surface area (Å²) in [5, 5.41) is 3.44. The zero-order valence-electron chi connectivity index (χ0n) is 14.6. The molecule has 0 spiro atoms. The van der Waals surface area contributed by atoms with E-state index in [0.29, 0.717) is 40.9 Å². The first-order chi connectivity index (χ1) is 13.0. The Balaban J connectivity index is 1.55. The molecule has 0 aliphatic rings. The molecule has 0 saturated carbocycles. The van der Waals surface area contributed by atoms with E-state index < -0.39 is 0 Å². The van der Waals surface area contributed by atoms with E-state index >= 15 is 0 Å². The zero-order chi connectivity index (χ0) is 19.2. The van der Waals surface area contributed by atoms with Crippen LogP contribution in [0.15, 0.2) is 58.1 Å². The number of hydrogen-bond acceptors (Lipinski definition) is 4. The molecule has 0 saturated heterocycles. The predicted octanol–water partition coefficient (Wildman–Crippen LogP) is 4.11. The standard InChI is InChI=1S/C19H18ClFN4O2/c1-26-17-7-6-14(10-16(17)20)25-19(22)23-9-8-15-11-27-18(24-15)12-2-4-13(21)5-3-12/h2-7,10-11H,8-9H2,1H3,(H3,22,23,25). The molecule has 0 bridgehead atoms. The normalized spacial score (nSPS) is 11.4. The van der Waals surface area contributed by atoms with Crippen LogP contribution >= 0.6 is 11.6 Å². The Labute approximate surface area is 160 Å². The first-order valence-corrected chi connectivity index (χ1v) is 8.54. The van der Waals surface area contributed by atoms with Gasteiger partial charge in [-0.25, -0.2) is 9.37 Å². The highest BCUT2D eigenvalue weighted by Crippen LogP contribution is 2.27. The molecule has 2 aromatic carbocycles. The Bertz CT molecular complexity index is 941. The Morgan fingerprint density at radius 1 is 1.30 bits per heavy atom. The summed E-state index contributed by atoms with van der Waals surface area (Å²) in [4.78, 5) is 8.63. The lowest BCUT2D eigenvalue weighted by Crippen LogP contribution is -2.23. The lowest BCUT2D eigenvalue weighted by Gasteiger charge is -2.08. The molecular weight excluding hydrogens is 371 g/mol. The molecule has 27 heavy (non-hydrogen) atoms. The van der Waals surface area contributed by atoms with Crippen LogP contribution in [0.4, 0.5) is 10.1 Å². The maximum atomic E-state index is 13.0. The van der Waals surface area contributed by atoms with E-state index in [1.54, 1.807) is 43.7 Å². The third-order valence-electron chi connectivity index (χ3n) is 3.72. The quantitative estimate of drug-likeness (QED) is 0.490. The first kappa shape index (κ1) is 18.7. The highest BCUT2D eigenvalue weighted by atomic mass is 35.5. The van der Waals surface area contributed by atoms with Crippen molar-refractivity contribution in [1.29, 1.82) is 0 Å². The minimum Gasteiger partial charge on any atom is -0.495 e. The Hall–Kier alpha value is -3.06. The number of ether oxygens (including phenoxy) is 1. The summed E-state index contributed by atoms with van der Waals surface area (Å²) in [6.07, 6.45) is 2.11. The molecule has 3 rings (SSSR count). The number of methoxy groups -OCH3 is 1. The molecular formula is C19H18ClFN4O2. The predicted molar refractivity (Wildman–Crippen MR) is 104 cm³/mol. The summed E-state index contributed by atoms with van der Waals surface area (Å²) < 4.78 is 23.5. The van der Waals surface area contributed by atoms with Gasteiger partial charge in [0.15, 0.2) is 5.96 Å². The van der Waals surface area contributed by atoms with Gasteiger partial charge < -0.3 is 20.2 Å². The maximum absolute atomic E-state index is 13.0. The molecule has 0 atom stereocenters. The molecule has 0 unspecified atom stereocenters. The van der Waals surface area contributed by atoms with Crippen LogP contribution in [0.3, 0.4) is 0 Å². The number of nitrogens with zero attached hydrogens (tertiary/aromatic N) is 2. The monoisotopic (exact) mass is 388 g/mol. The average molecular weight is 389 g/mol. The number of oxazole rings is 1. The second kappa shape index (κ2) is 8.55. The summed E-state index contributed by atoms with van der Waals surface area (Å²) in [6, 6.07) is 11.2. The smallest absolute Gasteiger partial charge is 0.226 e. The van der Waals surface area contributed by atoms with Crippen LogP contribution in [0.1, 0.15) is 5.69 Å². The molecule has 0 aliphatic carbocycles. The number of rotatable bonds is 6. The fourth-order valence-corrected chi connectivity index (χ4v) is 2.63. The molecule has 3 N–H and O–H groups in total. The Kier molecular flexibility index (Phi) is 5.93. The van der Waals surface area contributed by atoms with E-state index in [1.807, 2.05) is 0 Å². The van der Waals surface area contributed by atoms with Crippen LogP contribution < -0.4 is 15.8 Å². The molecule has 0 fully saturated rings. The molecule has 0 aliphatic heterocycles. The van der Waals surface area contributed by atoms with Gasteiger partial charge in [-0.15, -0.1) is 0 Å². The van der Waals surface area contributed by atoms with E-state index in [-0.39, 0.29) is 11.8 Å². The van der Waals surface area contributed by atoms with Crippen LogP contribution in [0.25, 0.3) is 11.5 Å². The number of aliphatic imine (C=N–C) groups is 1. The highest BCUT2D eigenvalue weighted by Gasteiger charge is 2.07. The van der Waals surface area contributed by atoms with Gasteiger partial charge in [-0.1, -0.05) is 11.6 Å². The second-order valence-corrected chi connectivity index (χ2v) is 6.05. The summed E-state index contributed by atoms with van der Waals surface area (Å²) >= 11 is 6.07. The van der Waals surface area contributed by atoms with Crippen LogP contribution in [-0.4, -0.2) is 24.6 Å². The first-order valence-electron chi connectivity index (χ1n) is 8.16. The molecule has 3 aromatic rings. The lowest BCUT2D eigenvalue weighted by molar-refractivity contribution is 0.415. The van der Waals surface area contributed by atoms with Crippen molar-refractivity contribution in [3.63, 3.8) is 0 Å². The van der Waals surface area contributed by atoms with Crippen molar-refractivity contribution in [2.24, 2.45) is 10.7 Å². The summed E-state index contributed by atoms with van der Waals surface area (Å²) in [6.45, 7) is 0.429. The topological polar surface area (TPSA) is 85.7 Å². The second-order valence-electron chi connectivity index (χ2n) is 5.64. The maximum Gasteiger partial charge on any atom is 0.226 e. The van der Waals surface area contributed by atoms with Gasteiger partial charge in [0.2, 0.25) is 5.89 Å².